The predicted molar refractivity (Wildman–Crippen MR) is 101 cm³/mol. The van der Waals surface area contributed by atoms with Crippen molar-refractivity contribution in [1.29, 1.82) is 0 Å². The van der Waals surface area contributed by atoms with Gasteiger partial charge in [-0.25, -0.2) is 13.9 Å². The first-order valence-electron chi connectivity index (χ1n) is 9.97. The summed E-state index contributed by atoms with van der Waals surface area (Å²) in [5.41, 5.74) is 6.12. The van der Waals surface area contributed by atoms with Crippen molar-refractivity contribution in [3.8, 4) is 0 Å². The average Bonchev–Trinajstić information content (AvgIpc) is 3.17. The molecule has 1 aliphatic heterocycles. The summed E-state index contributed by atoms with van der Waals surface area (Å²) in [7, 11) is 1.84. The van der Waals surface area contributed by atoms with Gasteiger partial charge in [0.2, 0.25) is 12.2 Å². The van der Waals surface area contributed by atoms with Crippen LogP contribution in [0.5, 0.6) is 0 Å². The van der Waals surface area contributed by atoms with Gasteiger partial charge in [0.25, 0.3) is 0 Å². The lowest BCUT2D eigenvalue weighted by atomic mass is 10.0. The van der Waals surface area contributed by atoms with Crippen LogP contribution in [0, 0.1) is 0 Å². The van der Waals surface area contributed by atoms with Crippen LogP contribution in [0.4, 0.5) is 0 Å². The second kappa shape index (κ2) is 10.5. The highest BCUT2D eigenvalue weighted by molar-refractivity contribution is 5.83. The normalized spacial score (nSPS) is 22.9. The van der Waals surface area contributed by atoms with Crippen molar-refractivity contribution in [3.05, 3.63) is 18.2 Å². The van der Waals surface area contributed by atoms with E-state index in [1.54, 1.807) is 0 Å². The van der Waals surface area contributed by atoms with Crippen LogP contribution in [0.3, 0.4) is 0 Å². The molecule has 5 N–H and O–H groups in total. The number of ether oxygens (including phenoxy) is 1. The van der Waals surface area contributed by atoms with Crippen LogP contribution in [0.2, 0.25) is 0 Å². The summed E-state index contributed by atoms with van der Waals surface area (Å²) in [4.78, 5) is 23.3. The average molecular weight is 397 g/mol. The van der Waals surface area contributed by atoms with Crippen LogP contribution in [-0.2, 0) is 27.8 Å². The van der Waals surface area contributed by atoms with Crippen molar-refractivity contribution in [1.82, 2.24) is 9.88 Å². The number of nitrogens with two attached hydrogens (primary N) is 1. The van der Waals surface area contributed by atoms with Crippen LogP contribution in [0.15, 0.2) is 12.5 Å². The van der Waals surface area contributed by atoms with E-state index >= 15 is 0 Å². The summed E-state index contributed by atoms with van der Waals surface area (Å²) in [5, 5.41) is 21.9. The van der Waals surface area contributed by atoms with Gasteiger partial charge in [0.15, 0.2) is 6.29 Å². The molecule has 1 aromatic heterocycles. The molecule has 1 aromatic rings. The largest absolute Gasteiger partial charge is 0.480 e. The molecule has 2 heterocycles. The SMILES string of the molecule is CCCCCC1OC(O)CC1[n+]1cc(C[C@H](NC(=O)CCN)C(=O)O)n(C)c1. The summed E-state index contributed by atoms with van der Waals surface area (Å²) in [6.45, 7) is 2.32. The van der Waals surface area contributed by atoms with E-state index in [0.29, 0.717) is 6.42 Å². The molecule has 1 saturated heterocycles. The maximum absolute atomic E-state index is 11.7. The molecule has 1 aliphatic rings. The molecule has 0 saturated carbocycles. The van der Waals surface area contributed by atoms with Crippen molar-refractivity contribution in [2.24, 2.45) is 12.8 Å². The number of aliphatic hydroxyl groups is 1. The third-order valence-electron chi connectivity index (χ3n) is 5.15. The van der Waals surface area contributed by atoms with E-state index in [0.717, 1.165) is 31.4 Å². The Morgan fingerprint density at radius 1 is 1.46 bits per heavy atom. The molecular weight excluding hydrogens is 364 g/mol. The molecule has 3 unspecified atom stereocenters. The number of hydrogen-bond acceptors (Lipinski definition) is 5. The number of carboxylic acid groups (broad SMARTS) is 1. The number of carbonyl (C=O) groups excluding carboxylic acids is 1. The maximum atomic E-state index is 11.7. The number of nitrogens with zero attached hydrogens (tertiary/aromatic N) is 2. The Bertz CT molecular complexity index is 663. The fourth-order valence-electron chi connectivity index (χ4n) is 3.63. The Kier molecular flexibility index (Phi) is 8.40. The topological polar surface area (TPSA) is 131 Å². The number of amides is 1. The number of nitrogens with one attached hydrogen (secondary N) is 1. The standard InChI is InChI=1S/C19H32N4O5/c1-3-4-5-6-16-15(10-18(25)28-16)23-11-13(22(2)12-23)9-14(19(26)27)21-17(24)7-8-20/h11-12,14-16,18,25H,3-10,20H2,1-2H3,(H-,21,24,26,27)/p+1/t14-,15?,16?,18?/m0/s1. The van der Waals surface area contributed by atoms with E-state index in [1.165, 1.54) is 0 Å². The van der Waals surface area contributed by atoms with Crippen molar-refractivity contribution in [2.75, 3.05) is 6.54 Å². The first kappa shape index (κ1) is 22.3. The Morgan fingerprint density at radius 3 is 2.86 bits per heavy atom. The Hall–Kier alpha value is -1.97. The molecular formula is C19H33N4O5+. The quantitative estimate of drug-likeness (QED) is 0.307. The second-order valence-corrected chi connectivity index (χ2v) is 7.42. The van der Waals surface area contributed by atoms with Gasteiger partial charge in [-0.1, -0.05) is 26.2 Å². The van der Waals surface area contributed by atoms with E-state index in [9.17, 15) is 19.8 Å². The summed E-state index contributed by atoms with van der Waals surface area (Å²) in [5.74, 6) is -1.46. The van der Waals surface area contributed by atoms with Crippen LogP contribution in [0.25, 0.3) is 0 Å². The molecule has 0 radical (unpaired) electrons. The van der Waals surface area contributed by atoms with Crippen LogP contribution >= 0.6 is 0 Å². The van der Waals surface area contributed by atoms with Crippen LogP contribution in [-0.4, -0.2) is 51.6 Å². The molecule has 1 amide bonds. The maximum Gasteiger partial charge on any atom is 0.326 e. The van der Waals surface area contributed by atoms with Crippen molar-refractivity contribution >= 4 is 11.9 Å². The summed E-state index contributed by atoms with van der Waals surface area (Å²) < 4.78 is 9.52. The smallest absolute Gasteiger partial charge is 0.326 e. The number of aliphatic hydroxyl groups excluding tert-OH is 1. The summed E-state index contributed by atoms with van der Waals surface area (Å²) >= 11 is 0. The highest BCUT2D eigenvalue weighted by Gasteiger charge is 2.39. The number of carbonyl (C=O) groups is 2. The van der Waals surface area contributed by atoms with E-state index in [4.69, 9.17) is 10.5 Å². The number of carboxylic acids is 1. The molecule has 158 valence electrons. The van der Waals surface area contributed by atoms with Crippen LogP contribution < -0.4 is 15.6 Å². The monoisotopic (exact) mass is 397 g/mol. The van der Waals surface area contributed by atoms with E-state index in [2.05, 4.69) is 12.2 Å². The number of hydrogen-bond donors (Lipinski definition) is 4. The van der Waals surface area contributed by atoms with Crippen LogP contribution in [0.1, 0.15) is 57.2 Å². The minimum atomic E-state index is -1.09. The van der Waals surface area contributed by atoms with Gasteiger partial charge in [-0.3, -0.25) is 4.79 Å². The summed E-state index contributed by atoms with van der Waals surface area (Å²) in [6.07, 6.45) is 7.82. The minimum Gasteiger partial charge on any atom is -0.480 e. The lowest BCUT2D eigenvalue weighted by molar-refractivity contribution is -0.725. The zero-order valence-electron chi connectivity index (χ0n) is 16.7. The fourth-order valence-corrected chi connectivity index (χ4v) is 3.63. The number of aryl methyl sites for hydroxylation is 1. The van der Waals surface area contributed by atoms with Gasteiger partial charge in [-0.15, -0.1) is 0 Å². The lowest BCUT2D eigenvalue weighted by Gasteiger charge is -2.15. The Balaban J connectivity index is 2.09. The third kappa shape index (κ3) is 6.02. The van der Waals surface area contributed by atoms with Gasteiger partial charge in [-0.2, -0.15) is 0 Å². The molecule has 28 heavy (non-hydrogen) atoms. The zero-order valence-corrected chi connectivity index (χ0v) is 16.7. The molecule has 4 atom stereocenters. The number of aromatic nitrogens is 2. The predicted octanol–water partition coefficient (Wildman–Crippen LogP) is 0.00200. The number of unbranched alkanes of at least 4 members (excludes halogenated alkanes) is 2. The fraction of sp³-hybridized carbons (Fsp3) is 0.737. The van der Waals surface area contributed by atoms with Gasteiger partial charge in [-0.05, 0) is 6.42 Å². The van der Waals surface area contributed by atoms with E-state index in [1.807, 2.05) is 28.7 Å². The van der Waals surface area contributed by atoms with Gasteiger partial charge < -0.3 is 26.0 Å². The van der Waals surface area contributed by atoms with Gasteiger partial charge in [0, 0.05) is 25.8 Å². The van der Waals surface area contributed by atoms with E-state index < -0.39 is 18.3 Å². The van der Waals surface area contributed by atoms with Gasteiger partial charge in [0.1, 0.15) is 30.1 Å². The highest BCUT2D eigenvalue weighted by atomic mass is 16.6. The van der Waals surface area contributed by atoms with Gasteiger partial charge in [0.05, 0.1) is 7.05 Å². The zero-order chi connectivity index (χ0) is 20.7. The number of imidazole rings is 1. The first-order valence-corrected chi connectivity index (χ1v) is 9.97. The van der Waals surface area contributed by atoms with Gasteiger partial charge >= 0.3 is 5.97 Å². The van der Waals surface area contributed by atoms with E-state index in [-0.39, 0.29) is 37.4 Å². The molecule has 9 heteroatoms. The molecule has 0 bridgehead atoms. The molecule has 2 rings (SSSR count). The second-order valence-electron chi connectivity index (χ2n) is 7.42. The molecule has 0 aromatic carbocycles. The molecule has 0 aliphatic carbocycles. The van der Waals surface area contributed by atoms with Crippen molar-refractivity contribution in [2.45, 2.75) is 76.3 Å². The Labute approximate surface area is 165 Å². The highest BCUT2D eigenvalue weighted by Crippen LogP contribution is 2.29. The molecule has 1 fully saturated rings. The number of aliphatic carboxylic acids is 1. The van der Waals surface area contributed by atoms with Crippen molar-refractivity contribution in [3.63, 3.8) is 0 Å². The summed E-state index contributed by atoms with van der Waals surface area (Å²) in [6, 6.07) is -1.02. The number of rotatable bonds is 11. The molecule has 9 nitrogen and oxygen atoms in total. The van der Waals surface area contributed by atoms with Crippen molar-refractivity contribution < 1.29 is 29.1 Å². The third-order valence-corrected chi connectivity index (χ3v) is 5.15. The first-order chi connectivity index (χ1) is 13.3. The minimum absolute atomic E-state index is 0.00177. The Morgan fingerprint density at radius 2 is 2.21 bits per heavy atom. The lowest BCUT2D eigenvalue weighted by Crippen LogP contribution is -2.43. The molecule has 0 spiro atoms.